The van der Waals surface area contributed by atoms with E-state index in [1.54, 1.807) is 24.3 Å². The van der Waals surface area contributed by atoms with Crippen LogP contribution in [0.5, 0.6) is 5.75 Å². The molecule has 7 rings (SSSR count). The van der Waals surface area contributed by atoms with Gasteiger partial charge in [-0.1, -0.05) is 49.0 Å². The predicted molar refractivity (Wildman–Crippen MR) is 161 cm³/mol. The van der Waals surface area contributed by atoms with Crippen LogP contribution >= 0.6 is 0 Å². The summed E-state index contributed by atoms with van der Waals surface area (Å²) in [5, 5.41) is 18.7. The average molecular weight is 605 g/mol. The topological polar surface area (TPSA) is 124 Å². The van der Waals surface area contributed by atoms with E-state index >= 15 is 0 Å². The number of carbonyl (C=O) groups is 1. The molecule has 11 heteroatoms. The molecule has 226 valence electrons. The van der Waals surface area contributed by atoms with Crippen molar-refractivity contribution in [2.75, 3.05) is 19.8 Å². The maximum absolute atomic E-state index is 13.9. The quantitative estimate of drug-likeness (QED) is 0.313. The van der Waals surface area contributed by atoms with E-state index in [9.17, 15) is 18.3 Å². The molecular weight excluding hydrogens is 568 g/mol. The highest BCUT2D eigenvalue weighted by atomic mass is 32.2. The lowest BCUT2D eigenvalue weighted by Gasteiger charge is -2.41. The third-order valence-electron chi connectivity index (χ3n) is 8.70. The fourth-order valence-corrected chi connectivity index (χ4v) is 7.76. The number of fused-ring (bicyclic) bond motifs is 2. The smallest absolute Gasteiger partial charge is 0.304 e. The lowest BCUT2D eigenvalue weighted by Crippen LogP contribution is -2.60. The van der Waals surface area contributed by atoms with Crippen LogP contribution in [0.15, 0.2) is 59.5 Å². The zero-order valence-electron chi connectivity index (χ0n) is 23.5. The second-order valence-electron chi connectivity index (χ2n) is 11.7. The van der Waals surface area contributed by atoms with Gasteiger partial charge < -0.3 is 14.6 Å². The third kappa shape index (κ3) is 5.09. The fraction of sp³-hybridized carbons (Fsp3) is 0.406. The van der Waals surface area contributed by atoms with Gasteiger partial charge in [0.05, 0.1) is 37.7 Å². The van der Waals surface area contributed by atoms with Crippen molar-refractivity contribution < 1.29 is 27.8 Å². The van der Waals surface area contributed by atoms with Gasteiger partial charge in [-0.3, -0.25) is 4.79 Å². The molecule has 1 aliphatic carbocycles. The molecular formula is C32H36N4O6S. The van der Waals surface area contributed by atoms with Crippen LogP contribution in [0.1, 0.15) is 66.5 Å². The Morgan fingerprint density at radius 3 is 2.58 bits per heavy atom. The molecule has 3 heterocycles. The summed E-state index contributed by atoms with van der Waals surface area (Å²) < 4.78 is 42.9. The van der Waals surface area contributed by atoms with E-state index in [2.05, 4.69) is 10.3 Å². The van der Waals surface area contributed by atoms with E-state index in [0.29, 0.717) is 25.0 Å². The third-order valence-corrected chi connectivity index (χ3v) is 10.5. The van der Waals surface area contributed by atoms with Crippen molar-refractivity contribution in [2.24, 2.45) is 0 Å². The molecule has 1 atom stereocenters. The average Bonchev–Trinajstić information content (AvgIpc) is 3.70. The van der Waals surface area contributed by atoms with Gasteiger partial charge in [0.25, 0.3) is 0 Å². The lowest BCUT2D eigenvalue weighted by atomic mass is 9.84. The fourth-order valence-electron chi connectivity index (χ4n) is 6.15. The Morgan fingerprint density at radius 2 is 1.88 bits per heavy atom. The number of aryl methyl sites for hydroxylation is 2. The number of nitrogens with zero attached hydrogens (tertiary/aromatic N) is 4. The summed E-state index contributed by atoms with van der Waals surface area (Å²) in [6.45, 7) is 4.79. The number of ether oxygens (including phenoxy) is 2. The standard InChI is InChI=1S/C31H32N4O6S.CH4/c1-19-7-8-21(25(14-29(36)37)24-11-12-26-30(20(24)2)32-33-35(26)23-9-10-23)13-22(19)15-34-16-31(17-40-18-31)41-27-5-3-4-6-28(27)42(34,38)39;/h3-8,11-13,23,25H,9-10,14-18H2,1-2H3,(H,36,37);1H4/t25-;/m0./s1. The van der Waals surface area contributed by atoms with Crippen molar-refractivity contribution in [2.45, 2.75) is 69.5 Å². The van der Waals surface area contributed by atoms with Gasteiger partial charge in [0.2, 0.25) is 10.0 Å². The number of carboxylic acids is 1. The second-order valence-corrected chi connectivity index (χ2v) is 13.7. The predicted octanol–water partition coefficient (Wildman–Crippen LogP) is 4.98. The minimum Gasteiger partial charge on any atom is -0.481 e. The number of para-hydroxylation sites is 1. The molecule has 1 N–H and O–H groups in total. The number of hydrogen-bond donors (Lipinski definition) is 1. The number of aliphatic carboxylic acids is 1. The van der Waals surface area contributed by atoms with Crippen LogP contribution in [0.25, 0.3) is 11.0 Å². The van der Waals surface area contributed by atoms with Gasteiger partial charge in [-0.05, 0) is 72.7 Å². The molecule has 0 radical (unpaired) electrons. The molecule has 1 aromatic heterocycles. The van der Waals surface area contributed by atoms with Crippen LogP contribution in [-0.4, -0.2) is 64.2 Å². The van der Waals surface area contributed by atoms with E-state index in [1.165, 1.54) is 4.31 Å². The Bertz CT molecular complexity index is 1830. The number of aromatic nitrogens is 3. The molecule has 3 aromatic carbocycles. The highest BCUT2D eigenvalue weighted by Gasteiger charge is 2.49. The molecule has 1 spiro atoms. The summed E-state index contributed by atoms with van der Waals surface area (Å²) in [4.78, 5) is 12.2. The highest BCUT2D eigenvalue weighted by Crippen LogP contribution is 2.40. The van der Waals surface area contributed by atoms with Crippen molar-refractivity contribution in [1.29, 1.82) is 0 Å². The Hall–Kier alpha value is -3.80. The van der Waals surface area contributed by atoms with E-state index in [-0.39, 0.29) is 31.8 Å². The minimum absolute atomic E-state index is 0. The molecule has 4 aromatic rings. The largest absolute Gasteiger partial charge is 0.481 e. The number of benzene rings is 3. The Kier molecular flexibility index (Phi) is 7.30. The van der Waals surface area contributed by atoms with Gasteiger partial charge in [-0.2, -0.15) is 4.31 Å². The van der Waals surface area contributed by atoms with E-state index in [0.717, 1.165) is 51.7 Å². The van der Waals surface area contributed by atoms with Crippen molar-refractivity contribution in [3.05, 3.63) is 82.4 Å². The maximum Gasteiger partial charge on any atom is 0.304 e. The Labute approximate surface area is 251 Å². The summed E-state index contributed by atoms with van der Waals surface area (Å²) in [6, 6.07) is 16.9. The number of carboxylic acid groups (broad SMARTS) is 1. The van der Waals surface area contributed by atoms with Crippen molar-refractivity contribution in [3.63, 3.8) is 0 Å². The summed E-state index contributed by atoms with van der Waals surface area (Å²) in [5.41, 5.74) is 5.30. The van der Waals surface area contributed by atoms with Gasteiger partial charge in [0.1, 0.15) is 16.2 Å². The normalized spacial score (nSPS) is 19.5. The van der Waals surface area contributed by atoms with Gasteiger partial charge in [0.15, 0.2) is 5.60 Å². The van der Waals surface area contributed by atoms with Crippen molar-refractivity contribution in [3.8, 4) is 5.75 Å². The summed E-state index contributed by atoms with van der Waals surface area (Å²) in [5.74, 6) is -1.03. The molecule has 0 bridgehead atoms. The van der Waals surface area contributed by atoms with Crippen molar-refractivity contribution >= 4 is 27.0 Å². The number of rotatable bonds is 7. The van der Waals surface area contributed by atoms with Crippen LogP contribution in [0.3, 0.4) is 0 Å². The van der Waals surface area contributed by atoms with Crippen LogP contribution < -0.4 is 4.74 Å². The minimum atomic E-state index is -3.88. The first kappa shape index (κ1) is 29.3. The summed E-state index contributed by atoms with van der Waals surface area (Å²) in [6.07, 6.45) is 2.06. The second kappa shape index (κ2) is 10.7. The van der Waals surface area contributed by atoms with Gasteiger partial charge in [-0.15, -0.1) is 5.10 Å². The molecule has 2 aliphatic heterocycles. The summed E-state index contributed by atoms with van der Waals surface area (Å²) >= 11 is 0. The summed E-state index contributed by atoms with van der Waals surface area (Å²) in [7, 11) is -3.88. The first-order valence-electron chi connectivity index (χ1n) is 14.2. The molecule has 1 saturated carbocycles. The van der Waals surface area contributed by atoms with E-state index in [4.69, 9.17) is 9.47 Å². The number of sulfonamides is 1. The monoisotopic (exact) mass is 604 g/mol. The Morgan fingerprint density at radius 1 is 1.12 bits per heavy atom. The first-order valence-corrected chi connectivity index (χ1v) is 15.6. The van der Waals surface area contributed by atoms with E-state index in [1.807, 2.05) is 48.9 Å². The zero-order chi connectivity index (χ0) is 29.2. The molecule has 10 nitrogen and oxygen atoms in total. The first-order chi connectivity index (χ1) is 20.1. The van der Waals surface area contributed by atoms with Crippen LogP contribution in [0, 0.1) is 13.8 Å². The molecule has 2 fully saturated rings. The lowest BCUT2D eigenvalue weighted by molar-refractivity contribution is -0.165. The van der Waals surface area contributed by atoms with Crippen LogP contribution in [-0.2, 0) is 26.1 Å². The highest BCUT2D eigenvalue weighted by molar-refractivity contribution is 7.89. The van der Waals surface area contributed by atoms with Crippen LogP contribution in [0.2, 0.25) is 0 Å². The molecule has 0 unspecified atom stereocenters. The Balaban J connectivity index is 0.00000329. The maximum atomic E-state index is 13.9. The molecule has 0 amide bonds. The number of hydrogen-bond acceptors (Lipinski definition) is 7. The molecule has 3 aliphatic rings. The van der Waals surface area contributed by atoms with E-state index < -0.39 is 27.5 Å². The van der Waals surface area contributed by atoms with Crippen molar-refractivity contribution in [1.82, 2.24) is 19.3 Å². The van der Waals surface area contributed by atoms with Gasteiger partial charge in [-0.25, -0.2) is 13.1 Å². The van der Waals surface area contributed by atoms with Gasteiger partial charge in [0, 0.05) is 12.5 Å². The SMILES string of the molecule is C.Cc1ccc([C@H](CC(=O)O)c2ccc3c(nnn3C3CC3)c2C)cc1CN1CC2(COC2)Oc2ccccc2S1(=O)=O. The van der Waals surface area contributed by atoms with Gasteiger partial charge >= 0.3 is 5.97 Å². The molecule has 1 saturated heterocycles. The van der Waals surface area contributed by atoms with Crippen LogP contribution in [0.4, 0.5) is 0 Å². The zero-order valence-corrected chi connectivity index (χ0v) is 24.3. The molecule has 43 heavy (non-hydrogen) atoms.